The quantitative estimate of drug-likeness (QED) is 0.108. The molecule has 4 amide bonds. The number of nitrogens with zero attached hydrogens (tertiary/aromatic N) is 2. The average molecular weight is 738 g/mol. The number of methoxy groups -OCH3 is 1. The van der Waals surface area contributed by atoms with Crippen molar-refractivity contribution in [1.29, 1.82) is 0 Å². The third-order valence-electron chi connectivity index (χ3n) is 9.47. The van der Waals surface area contributed by atoms with Gasteiger partial charge in [-0.15, -0.1) is 23.2 Å². The van der Waals surface area contributed by atoms with Crippen LogP contribution >= 0.6 is 34.8 Å². The van der Waals surface area contributed by atoms with Gasteiger partial charge in [0.1, 0.15) is 5.69 Å². The molecular weight excluding hydrogens is 718 g/mol. The van der Waals surface area contributed by atoms with Gasteiger partial charge in [0.25, 0.3) is 11.8 Å². The molecule has 254 valence electrons. The van der Waals surface area contributed by atoms with Gasteiger partial charge in [-0.05, 0) is 36.5 Å². The van der Waals surface area contributed by atoms with Crippen molar-refractivity contribution >= 4 is 70.1 Å². The molecule has 2 N–H and O–H groups in total. The fourth-order valence-corrected chi connectivity index (χ4v) is 8.50. The van der Waals surface area contributed by atoms with Gasteiger partial charge in [-0.1, -0.05) is 23.3 Å². The fourth-order valence-electron chi connectivity index (χ4n) is 7.35. The Morgan fingerprint density at radius 3 is 2.15 bits per heavy atom. The lowest BCUT2D eigenvalue weighted by molar-refractivity contribution is -0.142. The van der Waals surface area contributed by atoms with Crippen molar-refractivity contribution in [3.8, 4) is 11.5 Å². The van der Waals surface area contributed by atoms with Crippen LogP contribution in [-0.4, -0.2) is 68.1 Å². The Labute approximate surface area is 281 Å². The average Bonchev–Trinajstić information content (AvgIpc) is 3.37. The van der Waals surface area contributed by atoms with Crippen LogP contribution in [0.25, 0.3) is 0 Å². The Morgan fingerprint density at radius 1 is 0.958 bits per heavy atom. The zero-order chi connectivity index (χ0) is 35.4. The Bertz CT molecular complexity index is 1880. The molecule has 3 fully saturated rings. The Balaban J connectivity index is 1.59. The number of anilines is 1. The summed E-state index contributed by atoms with van der Waals surface area (Å²) in [7, 11) is 1.15. The number of halogens is 8. The van der Waals surface area contributed by atoms with E-state index in [4.69, 9.17) is 44.6 Å². The molecule has 2 saturated heterocycles. The van der Waals surface area contributed by atoms with Gasteiger partial charge in [0.2, 0.25) is 17.6 Å². The Kier molecular flexibility index (Phi) is 7.99. The van der Waals surface area contributed by atoms with Gasteiger partial charge in [-0.2, -0.15) is 0 Å². The standard InChI is InChI=1S/C30H20Cl3F5N2O8/c1-48-14-7-9(6-13(31)24(14)43)17-10-2-3-11-16(26(45)39(25(11)44)5-4-15(41)42)12(10)8-29(32)27(46)40(28(47)30(17,29)33)23-21(37)19(35)18(34)20(36)22(23)38/h2,6-7,11-12,16-17,43H,3-5,8H2,1H3,(H,41,42)/t11-,12+,16-,17-,29+,30-/m0/s1. The minimum absolute atomic E-state index is 0.0796. The number of carbonyl (C=O) groups excluding carboxylic acids is 4. The number of fused-ring (bicyclic) bond motifs is 4. The number of carboxylic acids is 1. The summed E-state index contributed by atoms with van der Waals surface area (Å²) in [5, 5.41) is 19.2. The monoisotopic (exact) mass is 736 g/mol. The van der Waals surface area contributed by atoms with E-state index in [1.54, 1.807) is 0 Å². The van der Waals surface area contributed by atoms with Crippen molar-refractivity contribution in [3.63, 3.8) is 0 Å². The number of hydrogen-bond donors (Lipinski definition) is 2. The first kappa shape index (κ1) is 33.9. The van der Waals surface area contributed by atoms with Gasteiger partial charge in [0.15, 0.2) is 44.5 Å². The number of hydrogen-bond acceptors (Lipinski definition) is 7. The number of phenols is 1. The number of aliphatic carboxylic acids is 1. The van der Waals surface area contributed by atoms with Crippen LogP contribution in [0, 0.1) is 46.8 Å². The minimum atomic E-state index is -2.80. The number of rotatable bonds is 6. The highest BCUT2D eigenvalue weighted by Crippen LogP contribution is 2.66. The molecule has 2 aliphatic heterocycles. The summed E-state index contributed by atoms with van der Waals surface area (Å²) in [6.07, 6.45) is -0.0119. The summed E-state index contributed by atoms with van der Waals surface area (Å²) >= 11 is 20.3. The molecule has 2 aromatic rings. The number of alkyl halides is 2. The van der Waals surface area contributed by atoms with Crippen LogP contribution in [0.15, 0.2) is 23.8 Å². The smallest absolute Gasteiger partial charge is 0.305 e. The largest absolute Gasteiger partial charge is 0.503 e. The highest BCUT2D eigenvalue weighted by Gasteiger charge is 2.77. The third-order valence-corrected chi connectivity index (χ3v) is 11.2. The van der Waals surface area contributed by atoms with E-state index in [1.807, 2.05) is 0 Å². The SMILES string of the molecule is COc1cc([C@H]2C3=CC[C@@H]4C(=O)N(CCC(=O)O)C(=O)[C@@H]4[C@@H]3C[C@@]3(Cl)C(=O)N(c4c(F)c(F)c(F)c(F)c4F)C(=O)[C@@]23Cl)cc(Cl)c1O. The molecule has 0 radical (unpaired) electrons. The number of amides is 4. The van der Waals surface area contributed by atoms with Crippen LogP contribution < -0.4 is 9.64 Å². The van der Waals surface area contributed by atoms with Crippen molar-refractivity contribution in [3.05, 3.63) is 63.5 Å². The molecule has 6 atom stereocenters. The van der Waals surface area contributed by atoms with Gasteiger partial charge in [-0.25, -0.2) is 26.9 Å². The summed E-state index contributed by atoms with van der Waals surface area (Å²) in [5.74, 6) is -24.8. The molecule has 2 aliphatic carbocycles. The second-order valence-electron chi connectivity index (χ2n) is 11.7. The van der Waals surface area contributed by atoms with Crippen molar-refractivity contribution in [2.75, 3.05) is 18.6 Å². The molecule has 10 nitrogen and oxygen atoms in total. The number of aromatic hydroxyl groups is 1. The summed E-state index contributed by atoms with van der Waals surface area (Å²) in [6, 6.07) is 2.27. The number of benzene rings is 2. The molecule has 2 aromatic carbocycles. The molecule has 1 saturated carbocycles. The Hall–Kier alpha value is -3.95. The number of imide groups is 2. The van der Waals surface area contributed by atoms with E-state index >= 15 is 8.78 Å². The van der Waals surface area contributed by atoms with Crippen LogP contribution in [0.2, 0.25) is 5.02 Å². The maximum atomic E-state index is 15.1. The van der Waals surface area contributed by atoms with Gasteiger partial charge < -0.3 is 14.9 Å². The molecule has 0 aromatic heterocycles. The third kappa shape index (κ3) is 4.32. The van der Waals surface area contributed by atoms with E-state index in [1.165, 1.54) is 6.08 Å². The number of carboxylic acid groups (broad SMARTS) is 1. The van der Waals surface area contributed by atoms with E-state index in [2.05, 4.69) is 0 Å². The molecule has 48 heavy (non-hydrogen) atoms. The van der Waals surface area contributed by atoms with E-state index in [0.717, 1.165) is 24.1 Å². The van der Waals surface area contributed by atoms with Crippen molar-refractivity contribution < 1.29 is 60.9 Å². The highest BCUT2D eigenvalue weighted by atomic mass is 35.5. The first-order chi connectivity index (χ1) is 22.4. The molecule has 0 spiro atoms. The number of likely N-dealkylation sites (tertiary alicyclic amines) is 1. The molecule has 2 heterocycles. The van der Waals surface area contributed by atoms with Crippen molar-refractivity contribution in [2.45, 2.75) is 34.9 Å². The van der Waals surface area contributed by atoms with Crippen LogP contribution in [0.3, 0.4) is 0 Å². The Morgan fingerprint density at radius 2 is 1.56 bits per heavy atom. The van der Waals surface area contributed by atoms with Gasteiger partial charge in [0.05, 0.1) is 30.4 Å². The minimum Gasteiger partial charge on any atom is -0.503 e. The summed E-state index contributed by atoms with van der Waals surface area (Å²) in [5.41, 5.74) is -1.88. The number of allylic oxidation sites excluding steroid dienone is 2. The van der Waals surface area contributed by atoms with Crippen LogP contribution in [0.4, 0.5) is 27.6 Å². The lowest BCUT2D eigenvalue weighted by Gasteiger charge is -2.50. The van der Waals surface area contributed by atoms with Gasteiger partial charge in [-0.3, -0.25) is 28.9 Å². The zero-order valence-corrected chi connectivity index (χ0v) is 26.4. The molecule has 0 bridgehead atoms. The van der Waals surface area contributed by atoms with E-state index in [0.29, 0.717) is 0 Å². The van der Waals surface area contributed by atoms with Crippen LogP contribution in [0.5, 0.6) is 11.5 Å². The zero-order valence-electron chi connectivity index (χ0n) is 24.1. The molecule has 6 rings (SSSR count). The highest BCUT2D eigenvalue weighted by molar-refractivity contribution is 6.58. The predicted octanol–water partition coefficient (Wildman–Crippen LogP) is 4.79. The molecule has 4 aliphatic rings. The molecular formula is C30H20Cl3F5N2O8. The second kappa shape index (κ2) is 11.3. The first-order valence-electron chi connectivity index (χ1n) is 14.1. The number of carbonyl (C=O) groups is 5. The lowest BCUT2D eigenvalue weighted by Crippen LogP contribution is -2.60. The molecule has 0 unspecified atom stereocenters. The van der Waals surface area contributed by atoms with E-state index in [-0.39, 0.29) is 33.2 Å². The van der Waals surface area contributed by atoms with Crippen LogP contribution in [-0.2, 0) is 24.0 Å². The topological polar surface area (TPSA) is 142 Å². The van der Waals surface area contributed by atoms with Gasteiger partial charge >= 0.3 is 5.97 Å². The maximum absolute atomic E-state index is 15.1. The van der Waals surface area contributed by atoms with Gasteiger partial charge in [0, 0.05) is 12.5 Å². The second-order valence-corrected chi connectivity index (χ2v) is 13.4. The summed E-state index contributed by atoms with van der Waals surface area (Å²) in [4.78, 5) is 61.5. The maximum Gasteiger partial charge on any atom is 0.305 e. The van der Waals surface area contributed by atoms with Crippen LogP contribution in [0.1, 0.15) is 30.7 Å². The first-order valence-corrected chi connectivity index (χ1v) is 15.2. The van der Waals surface area contributed by atoms with E-state index < -0.39 is 123 Å². The number of ether oxygens (including phenoxy) is 1. The predicted molar refractivity (Wildman–Crippen MR) is 155 cm³/mol. The lowest BCUT2D eigenvalue weighted by atomic mass is 9.56. The summed E-state index contributed by atoms with van der Waals surface area (Å²) < 4.78 is 78.1. The normalized spacial score (nSPS) is 29.6. The number of phenolic OH excluding ortho intramolecular Hbond substituents is 1. The van der Waals surface area contributed by atoms with E-state index in [9.17, 15) is 42.3 Å². The fraction of sp³-hybridized carbons (Fsp3) is 0.367. The van der Waals surface area contributed by atoms with Crippen molar-refractivity contribution in [2.24, 2.45) is 17.8 Å². The van der Waals surface area contributed by atoms with Crippen molar-refractivity contribution in [1.82, 2.24) is 4.90 Å². The molecule has 18 heteroatoms. The summed E-state index contributed by atoms with van der Waals surface area (Å²) in [6.45, 7) is -0.479.